The van der Waals surface area contributed by atoms with E-state index in [-0.39, 0.29) is 5.91 Å². The average Bonchev–Trinajstić information content (AvgIpc) is 3.23. The molecule has 0 spiro atoms. The molecule has 0 atom stereocenters. The van der Waals surface area contributed by atoms with E-state index in [9.17, 15) is 4.79 Å². The molecule has 0 radical (unpaired) electrons. The highest BCUT2D eigenvalue weighted by Gasteiger charge is 2.19. The molecule has 4 aromatic rings. The summed E-state index contributed by atoms with van der Waals surface area (Å²) in [5.41, 5.74) is 5.89. The van der Waals surface area contributed by atoms with E-state index >= 15 is 0 Å². The lowest BCUT2D eigenvalue weighted by atomic mass is 9.96. The maximum absolute atomic E-state index is 12.7. The van der Waals surface area contributed by atoms with Crippen LogP contribution in [0.5, 0.6) is 5.75 Å². The lowest BCUT2D eigenvalue weighted by Crippen LogP contribution is -2.09. The number of benzene rings is 3. The third-order valence-corrected chi connectivity index (χ3v) is 6.12. The minimum atomic E-state index is -0.276. The minimum absolute atomic E-state index is 0.276. The molecule has 1 N–H and O–H groups in total. The highest BCUT2D eigenvalue weighted by molar-refractivity contribution is 6.42. The first-order valence-electron chi connectivity index (χ1n) is 10.6. The van der Waals surface area contributed by atoms with Crippen molar-refractivity contribution in [1.29, 1.82) is 0 Å². The van der Waals surface area contributed by atoms with Crippen LogP contribution in [-0.2, 0) is 4.79 Å². The van der Waals surface area contributed by atoms with Gasteiger partial charge in [0.2, 0.25) is 5.91 Å². The fourth-order valence-electron chi connectivity index (χ4n) is 3.81. The first-order chi connectivity index (χ1) is 15.9. The van der Waals surface area contributed by atoms with Gasteiger partial charge in [-0.2, -0.15) is 0 Å². The number of carbonyl (C=O) groups is 1. The third kappa shape index (κ3) is 4.77. The molecule has 6 heteroatoms. The molecule has 0 aliphatic heterocycles. The number of carbonyl (C=O) groups excluding carboxylic acids is 1. The summed E-state index contributed by atoms with van der Waals surface area (Å²) < 4.78 is 11.9. The standard InChI is InChI=1S/C27H23Cl2NO3/c1-4-32-26-17(3)27-21(22(15-33-27)18-8-6-5-7-9-18)14-20(26)16(2)12-25(31)30-19-10-11-23(28)24(29)13-19/h5-15H,4H2,1-3H3,(H,30,31)/b16-12+. The normalized spacial score (nSPS) is 11.6. The Balaban J connectivity index is 1.76. The smallest absolute Gasteiger partial charge is 0.248 e. The van der Waals surface area contributed by atoms with Crippen LogP contribution in [0, 0.1) is 6.92 Å². The Kier molecular flexibility index (Phi) is 6.77. The molecular formula is C27H23Cl2NO3. The lowest BCUT2D eigenvalue weighted by Gasteiger charge is -2.15. The molecule has 0 aliphatic carbocycles. The summed E-state index contributed by atoms with van der Waals surface area (Å²) in [6, 6.07) is 17.0. The van der Waals surface area contributed by atoms with Gasteiger partial charge in [-0.3, -0.25) is 4.79 Å². The van der Waals surface area contributed by atoms with E-state index < -0.39 is 0 Å². The van der Waals surface area contributed by atoms with E-state index in [1.54, 1.807) is 30.5 Å². The van der Waals surface area contributed by atoms with Gasteiger partial charge in [0.05, 0.1) is 22.9 Å². The summed E-state index contributed by atoms with van der Waals surface area (Å²) in [6.45, 7) is 6.29. The Bertz CT molecular complexity index is 1360. The van der Waals surface area contributed by atoms with Crippen molar-refractivity contribution in [3.63, 3.8) is 0 Å². The van der Waals surface area contributed by atoms with E-state index in [2.05, 4.69) is 5.32 Å². The second-order valence-corrected chi connectivity index (χ2v) is 8.46. The number of amides is 1. The third-order valence-electron chi connectivity index (χ3n) is 5.38. The summed E-state index contributed by atoms with van der Waals surface area (Å²) in [5.74, 6) is 0.427. The Morgan fingerprint density at radius 3 is 2.55 bits per heavy atom. The predicted octanol–water partition coefficient (Wildman–Crippen LogP) is 8.16. The molecule has 1 heterocycles. The first-order valence-corrected chi connectivity index (χ1v) is 11.3. The predicted molar refractivity (Wildman–Crippen MR) is 136 cm³/mol. The van der Waals surface area contributed by atoms with Crippen LogP contribution >= 0.6 is 23.2 Å². The molecule has 1 amide bonds. The second kappa shape index (κ2) is 9.74. The molecule has 0 saturated heterocycles. The average molecular weight is 480 g/mol. The van der Waals surface area contributed by atoms with Crippen molar-refractivity contribution in [3.8, 4) is 16.9 Å². The van der Waals surface area contributed by atoms with Gasteiger partial charge >= 0.3 is 0 Å². The lowest BCUT2D eigenvalue weighted by molar-refractivity contribution is -0.111. The van der Waals surface area contributed by atoms with Crippen LogP contribution < -0.4 is 10.1 Å². The zero-order valence-corrected chi connectivity index (χ0v) is 20.1. The van der Waals surface area contributed by atoms with Crippen LogP contribution in [0.25, 0.3) is 27.7 Å². The van der Waals surface area contributed by atoms with Crippen LogP contribution in [0.2, 0.25) is 10.0 Å². The van der Waals surface area contributed by atoms with E-state index in [1.165, 1.54) is 0 Å². The largest absolute Gasteiger partial charge is 0.493 e. The zero-order valence-electron chi connectivity index (χ0n) is 18.5. The van der Waals surface area contributed by atoms with E-state index in [1.807, 2.05) is 57.2 Å². The fourth-order valence-corrected chi connectivity index (χ4v) is 4.11. The van der Waals surface area contributed by atoms with Gasteiger partial charge in [-0.05, 0) is 56.2 Å². The van der Waals surface area contributed by atoms with Gasteiger partial charge in [-0.25, -0.2) is 0 Å². The number of aryl methyl sites for hydroxylation is 1. The molecule has 1 aromatic heterocycles. The van der Waals surface area contributed by atoms with Gasteiger partial charge < -0.3 is 14.5 Å². The molecule has 0 saturated carbocycles. The molecule has 0 unspecified atom stereocenters. The summed E-state index contributed by atoms with van der Waals surface area (Å²) in [5, 5.41) is 4.61. The van der Waals surface area contributed by atoms with Crippen molar-refractivity contribution in [2.24, 2.45) is 0 Å². The Morgan fingerprint density at radius 2 is 1.85 bits per heavy atom. The number of ether oxygens (including phenoxy) is 1. The van der Waals surface area contributed by atoms with Crippen molar-refractivity contribution < 1.29 is 13.9 Å². The number of nitrogens with one attached hydrogen (secondary N) is 1. The van der Waals surface area contributed by atoms with Crippen LogP contribution in [0.1, 0.15) is 25.0 Å². The van der Waals surface area contributed by atoms with Crippen LogP contribution in [0.15, 0.2) is 71.4 Å². The first kappa shape index (κ1) is 23.0. The van der Waals surface area contributed by atoms with Gasteiger partial charge in [-0.1, -0.05) is 53.5 Å². The Morgan fingerprint density at radius 1 is 1.09 bits per heavy atom. The number of allylic oxidation sites excluding steroid dienone is 1. The van der Waals surface area contributed by atoms with E-state index in [4.69, 9.17) is 32.4 Å². The highest BCUT2D eigenvalue weighted by atomic mass is 35.5. The van der Waals surface area contributed by atoms with Gasteiger partial charge in [0.25, 0.3) is 0 Å². The van der Waals surface area contributed by atoms with Gasteiger partial charge in [0, 0.05) is 33.8 Å². The molecule has 3 aromatic carbocycles. The van der Waals surface area contributed by atoms with Crippen molar-refractivity contribution in [3.05, 3.63) is 88.1 Å². The summed E-state index contributed by atoms with van der Waals surface area (Å²) in [4.78, 5) is 12.7. The minimum Gasteiger partial charge on any atom is -0.493 e. The number of halogens is 2. The SMILES string of the molecule is CCOc1c(/C(C)=C/C(=O)Nc2ccc(Cl)c(Cl)c2)cc2c(-c3ccccc3)coc2c1C. The van der Waals surface area contributed by atoms with Gasteiger partial charge in [0.15, 0.2) is 0 Å². The van der Waals surface area contributed by atoms with E-state index in [0.29, 0.717) is 28.1 Å². The number of fused-ring (bicyclic) bond motifs is 1. The van der Waals surface area contributed by atoms with Crippen LogP contribution in [0.4, 0.5) is 5.69 Å². The molecule has 33 heavy (non-hydrogen) atoms. The summed E-state index contributed by atoms with van der Waals surface area (Å²) in [7, 11) is 0. The Labute approximate surface area is 202 Å². The maximum Gasteiger partial charge on any atom is 0.248 e. The molecule has 4 rings (SSSR count). The molecular weight excluding hydrogens is 457 g/mol. The molecule has 0 fully saturated rings. The van der Waals surface area contributed by atoms with Crippen molar-refractivity contribution in [2.75, 3.05) is 11.9 Å². The highest BCUT2D eigenvalue weighted by Crippen LogP contribution is 2.40. The van der Waals surface area contributed by atoms with E-state index in [0.717, 1.165) is 38.8 Å². The molecule has 4 nitrogen and oxygen atoms in total. The molecule has 0 aliphatic rings. The topological polar surface area (TPSA) is 51.5 Å². The van der Waals surface area contributed by atoms with Crippen LogP contribution in [0.3, 0.4) is 0 Å². The second-order valence-electron chi connectivity index (χ2n) is 7.65. The summed E-state index contributed by atoms with van der Waals surface area (Å²) in [6.07, 6.45) is 3.32. The van der Waals surface area contributed by atoms with Crippen molar-refractivity contribution in [2.45, 2.75) is 20.8 Å². The molecule has 0 bridgehead atoms. The van der Waals surface area contributed by atoms with Crippen LogP contribution in [-0.4, -0.2) is 12.5 Å². The number of furan rings is 1. The monoisotopic (exact) mass is 479 g/mol. The fraction of sp³-hybridized carbons (Fsp3) is 0.148. The van der Waals surface area contributed by atoms with Gasteiger partial charge in [-0.15, -0.1) is 0 Å². The maximum atomic E-state index is 12.7. The van der Waals surface area contributed by atoms with Gasteiger partial charge in [0.1, 0.15) is 11.3 Å². The summed E-state index contributed by atoms with van der Waals surface area (Å²) >= 11 is 12.0. The quantitative estimate of drug-likeness (QED) is 0.283. The van der Waals surface area contributed by atoms with Crippen molar-refractivity contribution in [1.82, 2.24) is 0 Å². The molecule has 168 valence electrons. The zero-order chi connectivity index (χ0) is 23.5. The number of hydrogen-bond acceptors (Lipinski definition) is 3. The van der Waals surface area contributed by atoms with Crippen molar-refractivity contribution >= 4 is 51.3 Å². The number of anilines is 1. The number of rotatable bonds is 6. The Hall–Kier alpha value is -3.21. The number of hydrogen-bond donors (Lipinski definition) is 1.